The van der Waals surface area contributed by atoms with Crippen LogP contribution in [0, 0.1) is 0 Å². The number of methoxy groups -OCH3 is 1. The standard InChI is InChI=1S/C20H27NO4/c1-20(2,11-10-14-6-4-5-7-19(14)25-3)21-13-18(24)15-8-9-16(22)17(23)12-15/h4-9,12,18,21-24H,10-11,13H2,1-3H3. The lowest BCUT2D eigenvalue weighted by molar-refractivity contribution is 0.158. The summed E-state index contributed by atoms with van der Waals surface area (Å²) in [4.78, 5) is 0. The molecule has 2 aromatic carbocycles. The smallest absolute Gasteiger partial charge is 0.157 e. The topological polar surface area (TPSA) is 82.0 Å². The largest absolute Gasteiger partial charge is 0.504 e. The van der Waals surface area contributed by atoms with Gasteiger partial charge in [0.1, 0.15) is 5.75 Å². The van der Waals surface area contributed by atoms with E-state index in [9.17, 15) is 15.3 Å². The highest BCUT2D eigenvalue weighted by Crippen LogP contribution is 2.28. The Kier molecular flexibility index (Phi) is 6.28. The summed E-state index contributed by atoms with van der Waals surface area (Å²) in [6, 6.07) is 12.3. The van der Waals surface area contributed by atoms with Gasteiger partial charge in [-0.1, -0.05) is 24.3 Å². The number of aromatic hydroxyl groups is 2. The predicted octanol–water partition coefficient (Wildman–Crippen LogP) is 3.14. The van der Waals surface area contributed by atoms with Crippen molar-refractivity contribution >= 4 is 0 Å². The fourth-order valence-electron chi connectivity index (χ4n) is 2.68. The second kappa shape index (κ2) is 8.23. The van der Waals surface area contributed by atoms with Crippen LogP contribution >= 0.6 is 0 Å². The maximum atomic E-state index is 10.3. The zero-order valence-corrected chi connectivity index (χ0v) is 15.0. The van der Waals surface area contributed by atoms with Crippen LogP contribution in [0.2, 0.25) is 0 Å². The lowest BCUT2D eigenvalue weighted by atomic mass is 9.94. The van der Waals surface area contributed by atoms with E-state index in [1.807, 2.05) is 18.2 Å². The van der Waals surface area contributed by atoms with Crippen molar-refractivity contribution in [3.05, 3.63) is 53.6 Å². The van der Waals surface area contributed by atoms with E-state index >= 15 is 0 Å². The highest BCUT2D eigenvalue weighted by molar-refractivity contribution is 5.41. The minimum absolute atomic E-state index is 0.180. The monoisotopic (exact) mass is 345 g/mol. The summed E-state index contributed by atoms with van der Waals surface area (Å²) in [5.41, 5.74) is 1.54. The Hall–Kier alpha value is -2.24. The van der Waals surface area contributed by atoms with Gasteiger partial charge in [-0.2, -0.15) is 0 Å². The van der Waals surface area contributed by atoms with E-state index in [0.29, 0.717) is 12.1 Å². The third-order valence-electron chi connectivity index (χ3n) is 4.37. The Morgan fingerprint density at radius 2 is 1.80 bits per heavy atom. The molecule has 2 rings (SSSR count). The summed E-state index contributed by atoms with van der Waals surface area (Å²) >= 11 is 0. The molecular weight excluding hydrogens is 318 g/mol. The first-order chi connectivity index (χ1) is 11.8. The van der Waals surface area contributed by atoms with Crippen LogP contribution in [0.5, 0.6) is 17.2 Å². The van der Waals surface area contributed by atoms with Gasteiger partial charge in [0.15, 0.2) is 11.5 Å². The van der Waals surface area contributed by atoms with Crippen molar-refractivity contribution in [3.63, 3.8) is 0 Å². The zero-order valence-electron chi connectivity index (χ0n) is 15.0. The molecule has 0 fully saturated rings. The zero-order chi connectivity index (χ0) is 18.4. The number of β-amino-alcohol motifs (C(OH)–C–C–N with tert-alkyl or cyclic N) is 1. The first kappa shape index (κ1) is 19.1. The average molecular weight is 345 g/mol. The number of aryl methyl sites for hydroxylation is 1. The number of phenols is 2. The van der Waals surface area contributed by atoms with Gasteiger partial charge in [-0.15, -0.1) is 0 Å². The van der Waals surface area contributed by atoms with Crippen molar-refractivity contribution in [2.24, 2.45) is 0 Å². The first-order valence-electron chi connectivity index (χ1n) is 8.39. The van der Waals surface area contributed by atoms with Gasteiger partial charge in [-0.25, -0.2) is 0 Å². The van der Waals surface area contributed by atoms with Crippen molar-refractivity contribution in [3.8, 4) is 17.2 Å². The van der Waals surface area contributed by atoms with Gasteiger partial charge in [0.05, 0.1) is 13.2 Å². The van der Waals surface area contributed by atoms with Crippen molar-refractivity contribution in [1.82, 2.24) is 5.32 Å². The van der Waals surface area contributed by atoms with Gasteiger partial charge < -0.3 is 25.4 Å². The Balaban J connectivity index is 1.90. The number of benzene rings is 2. The molecule has 25 heavy (non-hydrogen) atoms. The number of hydrogen-bond donors (Lipinski definition) is 4. The molecule has 0 saturated carbocycles. The molecule has 1 unspecified atom stereocenters. The lowest BCUT2D eigenvalue weighted by Gasteiger charge is -2.28. The molecule has 0 heterocycles. The molecule has 0 aliphatic heterocycles. The maximum Gasteiger partial charge on any atom is 0.157 e. The normalized spacial score (nSPS) is 12.8. The van der Waals surface area contributed by atoms with Crippen molar-refractivity contribution in [2.75, 3.05) is 13.7 Å². The molecule has 0 aliphatic rings. The van der Waals surface area contributed by atoms with Crippen LogP contribution in [0.3, 0.4) is 0 Å². The van der Waals surface area contributed by atoms with Crippen LogP contribution in [0.15, 0.2) is 42.5 Å². The number of hydrogen-bond acceptors (Lipinski definition) is 5. The lowest BCUT2D eigenvalue weighted by Crippen LogP contribution is -2.42. The summed E-state index contributed by atoms with van der Waals surface area (Å²) in [6.07, 6.45) is 0.970. The van der Waals surface area contributed by atoms with Crippen molar-refractivity contribution in [1.29, 1.82) is 0 Å². The number of phenolic OH excluding ortho intramolecular Hbond substituents is 2. The van der Waals surface area contributed by atoms with Gasteiger partial charge in [-0.05, 0) is 56.0 Å². The number of nitrogens with one attached hydrogen (secondary N) is 1. The van der Waals surface area contributed by atoms with Gasteiger partial charge in [0.2, 0.25) is 0 Å². The molecule has 5 heteroatoms. The van der Waals surface area contributed by atoms with Crippen molar-refractivity contribution < 1.29 is 20.1 Å². The molecule has 136 valence electrons. The molecule has 0 amide bonds. The quantitative estimate of drug-likeness (QED) is 0.553. The van der Waals surface area contributed by atoms with Gasteiger partial charge in [-0.3, -0.25) is 0 Å². The first-order valence-corrected chi connectivity index (χ1v) is 8.39. The fraction of sp³-hybridized carbons (Fsp3) is 0.400. The van der Waals surface area contributed by atoms with Crippen LogP contribution in [0.1, 0.15) is 37.5 Å². The Morgan fingerprint density at radius 3 is 2.48 bits per heavy atom. The summed E-state index contributed by atoms with van der Waals surface area (Å²) < 4.78 is 5.38. The molecule has 0 bridgehead atoms. The molecule has 0 aliphatic carbocycles. The fourth-order valence-corrected chi connectivity index (χ4v) is 2.68. The third-order valence-corrected chi connectivity index (χ3v) is 4.37. The average Bonchev–Trinajstić information content (AvgIpc) is 2.60. The Morgan fingerprint density at radius 1 is 1.08 bits per heavy atom. The van der Waals surface area contributed by atoms with Crippen molar-refractivity contribution in [2.45, 2.75) is 38.3 Å². The molecular formula is C20H27NO4. The number of rotatable bonds is 8. The highest BCUT2D eigenvalue weighted by Gasteiger charge is 2.20. The van der Waals surface area contributed by atoms with Crippen LogP contribution in [-0.2, 0) is 6.42 Å². The molecule has 5 nitrogen and oxygen atoms in total. The highest BCUT2D eigenvalue weighted by atomic mass is 16.5. The van der Waals surface area contributed by atoms with Crippen LogP contribution in [-0.4, -0.2) is 34.5 Å². The minimum Gasteiger partial charge on any atom is -0.504 e. The van der Waals surface area contributed by atoms with E-state index < -0.39 is 6.10 Å². The summed E-state index contributed by atoms with van der Waals surface area (Å²) in [7, 11) is 1.67. The number of aliphatic hydroxyl groups is 1. The minimum atomic E-state index is -0.767. The Labute approximate surface area is 148 Å². The van der Waals surface area contributed by atoms with E-state index in [4.69, 9.17) is 4.74 Å². The van der Waals surface area contributed by atoms with Gasteiger partial charge >= 0.3 is 0 Å². The summed E-state index contributed by atoms with van der Waals surface area (Å²) in [5.74, 6) is 0.464. The van der Waals surface area contributed by atoms with E-state index in [0.717, 1.165) is 24.2 Å². The second-order valence-corrected chi connectivity index (χ2v) is 6.84. The molecule has 0 radical (unpaired) electrons. The molecule has 4 N–H and O–H groups in total. The molecule has 2 aromatic rings. The number of para-hydroxylation sites is 1. The Bertz CT molecular complexity index is 700. The van der Waals surface area contributed by atoms with Crippen LogP contribution in [0.25, 0.3) is 0 Å². The molecule has 1 atom stereocenters. The molecule has 0 aromatic heterocycles. The van der Waals surface area contributed by atoms with E-state index in [-0.39, 0.29) is 17.0 Å². The number of ether oxygens (including phenoxy) is 1. The third kappa shape index (κ3) is 5.37. The van der Waals surface area contributed by atoms with E-state index in [1.54, 1.807) is 13.2 Å². The van der Waals surface area contributed by atoms with Gasteiger partial charge in [0, 0.05) is 12.1 Å². The number of aliphatic hydroxyl groups excluding tert-OH is 1. The SMILES string of the molecule is COc1ccccc1CCC(C)(C)NCC(O)c1ccc(O)c(O)c1. The van der Waals surface area contributed by atoms with Crippen LogP contribution in [0.4, 0.5) is 0 Å². The summed E-state index contributed by atoms with van der Waals surface area (Å²) in [6.45, 7) is 4.52. The maximum absolute atomic E-state index is 10.3. The molecule has 0 saturated heterocycles. The van der Waals surface area contributed by atoms with Gasteiger partial charge in [0.25, 0.3) is 0 Å². The van der Waals surface area contributed by atoms with Crippen LogP contribution < -0.4 is 10.1 Å². The second-order valence-electron chi connectivity index (χ2n) is 6.84. The van der Waals surface area contributed by atoms with E-state index in [1.165, 1.54) is 12.1 Å². The summed E-state index contributed by atoms with van der Waals surface area (Å²) in [5, 5.41) is 32.5. The predicted molar refractivity (Wildman–Crippen MR) is 98.1 cm³/mol. The van der Waals surface area contributed by atoms with E-state index in [2.05, 4.69) is 25.2 Å². The molecule has 0 spiro atoms.